The van der Waals surface area contributed by atoms with Crippen LogP contribution < -0.4 is 11.5 Å². The van der Waals surface area contributed by atoms with Crippen molar-refractivity contribution in [1.82, 2.24) is 0 Å². The third kappa shape index (κ3) is 3.49. The van der Waals surface area contributed by atoms with Crippen LogP contribution in [-0.4, -0.2) is 28.9 Å². The number of rotatable bonds is 6. The monoisotopic (exact) mass is 348 g/mol. The van der Waals surface area contributed by atoms with Gasteiger partial charge in [0.25, 0.3) is 0 Å². The van der Waals surface area contributed by atoms with Crippen molar-refractivity contribution in [2.24, 2.45) is 11.5 Å². The van der Waals surface area contributed by atoms with Crippen LogP contribution in [0, 0.1) is 0 Å². The van der Waals surface area contributed by atoms with Crippen LogP contribution in [0.1, 0.15) is 26.3 Å². The number of aliphatic hydroxyl groups excluding tert-OH is 1. The summed E-state index contributed by atoms with van der Waals surface area (Å²) >= 11 is 0. The number of primary amides is 1. The van der Waals surface area contributed by atoms with Gasteiger partial charge in [-0.15, -0.1) is 0 Å². The number of carbonyl (C=O) groups is 2. The first-order valence-electron chi connectivity index (χ1n) is 8.32. The van der Waals surface area contributed by atoms with Crippen molar-refractivity contribution in [2.45, 2.75) is 18.6 Å². The van der Waals surface area contributed by atoms with Gasteiger partial charge in [-0.3, -0.25) is 9.59 Å². The highest BCUT2D eigenvalue weighted by Gasteiger charge is 2.28. The fraction of sp³-hybridized carbons (Fsp3) is 0.143. The molecule has 0 aromatic heterocycles. The molecule has 0 aliphatic carbocycles. The molecule has 3 rings (SSSR count). The van der Waals surface area contributed by atoms with Crippen molar-refractivity contribution >= 4 is 22.5 Å². The summed E-state index contributed by atoms with van der Waals surface area (Å²) in [6, 6.07) is 19.0. The molecule has 0 fully saturated rings. The molecule has 1 amide bonds. The summed E-state index contributed by atoms with van der Waals surface area (Å²) in [6.45, 7) is 0. The van der Waals surface area contributed by atoms with Gasteiger partial charge in [0.05, 0.1) is 5.56 Å². The maximum Gasteiger partial charge on any atom is 0.250 e. The molecule has 5 nitrogen and oxygen atoms in total. The predicted molar refractivity (Wildman–Crippen MR) is 101 cm³/mol. The zero-order valence-corrected chi connectivity index (χ0v) is 14.1. The van der Waals surface area contributed by atoms with Gasteiger partial charge >= 0.3 is 0 Å². The third-order valence-corrected chi connectivity index (χ3v) is 4.43. The van der Waals surface area contributed by atoms with Crippen molar-refractivity contribution in [2.75, 3.05) is 0 Å². The van der Waals surface area contributed by atoms with Crippen LogP contribution in [0.3, 0.4) is 0 Å². The van der Waals surface area contributed by atoms with Crippen LogP contribution in [0.15, 0.2) is 66.7 Å². The summed E-state index contributed by atoms with van der Waals surface area (Å²) in [6.07, 6.45) is -1.10. The van der Waals surface area contributed by atoms with Gasteiger partial charge in [-0.05, 0) is 28.8 Å². The summed E-state index contributed by atoms with van der Waals surface area (Å²) in [5, 5.41) is 11.8. The molecule has 0 radical (unpaired) electrons. The van der Waals surface area contributed by atoms with E-state index in [0.717, 1.165) is 10.9 Å². The lowest BCUT2D eigenvalue weighted by Gasteiger charge is -2.19. The van der Waals surface area contributed by atoms with Crippen molar-refractivity contribution < 1.29 is 14.7 Å². The molecule has 0 heterocycles. The predicted octanol–water partition coefficient (Wildman–Crippen LogP) is 2.05. The molecule has 26 heavy (non-hydrogen) atoms. The fourth-order valence-corrected chi connectivity index (χ4v) is 3.09. The van der Waals surface area contributed by atoms with Crippen LogP contribution in [0.4, 0.5) is 0 Å². The van der Waals surface area contributed by atoms with Crippen LogP contribution in [0.5, 0.6) is 0 Å². The summed E-state index contributed by atoms with van der Waals surface area (Å²) < 4.78 is 0. The first-order chi connectivity index (χ1) is 12.5. The highest BCUT2D eigenvalue weighted by molar-refractivity contribution is 6.16. The molecule has 0 bridgehead atoms. The minimum absolute atomic E-state index is 0.0900. The number of nitrogens with two attached hydrogens (primary N) is 2. The molecule has 5 heteroatoms. The van der Waals surface area contributed by atoms with E-state index >= 15 is 0 Å². The van der Waals surface area contributed by atoms with Crippen molar-refractivity contribution in [1.29, 1.82) is 0 Å². The Hall–Kier alpha value is -3.02. The van der Waals surface area contributed by atoms with Gasteiger partial charge in [0, 0.05) is 11.6 Å². The van der Waals surface area contributed by atoms with Gasteiger partial charge in [0.1, 0.15) is 6.10 Å². The fourth-order valence-electron chi connectivity index (χ4n) is 3.09. The van der Waals surface area contributed by atoms with Crippen molar-refractivity contribution in [3.05, 3.63) is 83.4 Å². The van der Waals surface area contributed by atoms with Crippen molar-refractivity contribution in [3.63, 3.8) is 0 Å². The third-order valence-electron chi connectivity index (χ3n) is 4.43. The average Bonchev–Trinajstić information content (AvgIpc) is 2.66. The van der Waals surface area contributed by atoms with E-state index < -0.39 is 23.8 Å². The molecule has 2 atom stereocenters. The van der Waals surface area contributed by atoms with Crippen LogP contribution in [-0.2, 0) is 6.42 Å². The largest absolute Gasteiger partial charge is 0.383 e. The molecule has 0 saturated carbocycles. The van der Waals surface area contributed by atoms with E-state index in [4.69, 9.17) is 11.5 Å². The van der Waals surface area contributed by atoms with E-state index in [2.05, 4.69) is 0 Å². The Morgan fingerprint density at radius 2 is 1.58 bits per heavy atom. The van der Waals surface area contributed by atoms with Crippen LogP contribution in [0.25, 0.3) is 10.8 Å². The van der Waals surface area contributed by atoms with Crippen molar-refractivity contribution in [3.8, 4) is 0 Å². The maximum absolute atomic E-state index is 12.8. The Morgan fingerprint density at radius 3 is 2.27 bits per heavy atom. The minimum atomic E-state index is -1.44. The smallest absolute Gasteiger partial charge is 0.250 e. The Labute approximate surface area is 151 Å². The number of hydrogen-bond donors (Lipinski definition) is 3. The normalized spacial score (nSPS) is 13.3. The SMILES string of the molecule is NC(=O)c1c(C(=O)[C@@H](O)[C@H](N)Cc2ccccc2)ccc2ccccc12. The Morgan fingerprint density at radius 1 is 0.923 bits per heavy atom. The molecule has 3 aromatic rings. The van der Waals surface area contributed by atoms with Crippen LogP contribution >= 0.6 is 0 Å². The number of fused-ring (bicyclic) bond motifs is 1. The number of amides is 1. The molecule has 132 valence electrons. The lowest BCUT2D eigenvalue weighted by Crippen LogP contribution is -2.42. The van der Waals surface area contributed by atoms with E-state index in [-0.39, 0.29) is 11.1 Å². The number of aliphatic hydroxyl groups is 1. The number of benzene rings is 3. The molecular formula is C21H20N2O3. The number of ketones is 1. The van der Waals surface area contributed by atoms with Gasteiger partial charge in [0.2, 0.25) is 5.91 Å². The number of hydrogen-bond acceptors (Lipinski definition) is 4. The summed E-state index contributed by atoms with van der Waals surface area (Å²) in [7, 11) is 0. The molecule has 0 aliphatic rings. The highest BCUT2D eigenvalue weighted by atomic mass is 16.3. The highest BCUT2D eigenvalue weighted by Crippen LogP contribution is 2.24. The molecule has 0 spiro atoms. The first kappa shape index (κ1) is 17.8. The minimum Gasteiger partial charge on any atom is -0.383 e. The molecule has 0 aliphatic heterocycles. The second-order valence-corrected chi connectivity index (χ2v) is 6.24. The van der Waals surface area contributed by atoms with Gasteiger partial charge < -0.3 is 16.6 Å². The first-order valence-corrected chi connectivity index (χ1v) is 8.32. The molecule has 5 N–H and O–H groups in total. The van der Waals surface area contributed by atoms with Crippen LogP contribution in [0.2, 0.25) is 0 Å². The molecule has 0 unspecified atom stereocenters. The second kappa shape index (κ2) is 7.47. The van der Waals surface area contributed by atoms with Gasteiger partial charge in [-0.2, -0.15) is 0 Å². The van der Waals surface area contributed by atoms with Gasteiger partial charge in [-0.1, -0.05) is 60.7 Å². The molecule has 3 aromatic carbocycles. The zero-order chi connectivity index (χ0) is 18.7. The van der Waals surface area contributed by atoms with Gasteiger partial charge in [0.15, 0.2) is 5.78 Å². The maximum atomic E-state index is 12.8. The number of carbonyl (C=O) groups excluding carboxylic acids is 2. The molecule has 0 saturated heterocycles. The molecular weight excluding hydrogens is 328 g/mol. The number of Topliss-reactive ketones (excluding diaryl/α,β-unsaturated/α-hetero) is 1. The standard InChI is InChI=1S/C21H20N2O3/c22-17(12-13-6-2-1-3-7-13)20(25)19(24)16-11-10-14-8-4-5-9-15(14)18(16)21(23)26/h1-11,17,20,25H,12,22H2,(H2,23,26)/t17-,20+/m1/s1. The van der Waals surface area contributed by atoms with E-state index in [1.54, 1.807) is 18.2 Å². The Balaban J connectivity index is 1.94. The lowest BCUT2D eigenvalue weighted by molar-refractivity contribution is 0.0690. The average molecular weight is 348 g/mol. The zero-order valence-electron chi connectivity index (χ0n) is 14.1. The Kier molecular flexibility index (Phi) is 5.11. The van der Waals surface area contributed by atoms with E-state index in [1.165, 1.54) is 6.07 Å². The van der Waals surface area contributed by atoms with E-state index in [9.17, 15) is 14.7 Å². The lowest BCUT2D eigenvalue weighted by atomic mass is 9.90. The summed E-state index contributed by atoms with van der Waals surface area (Å²) in [4.78, 5) is 24.8. The summed E-state index contributed by atoms with van der Waals surface area (Å²) in [5.74, 6) is -1.32. The summed E-state index contributed by atoms with van der Waals surface area (Å²) in [5.41, 5.74) is 12.7. The second-order valence-electron chi connectivity index (χ2n) is 6.24. The quantitative estimate of drug-likeness (QED) is 0.593. The van der Waals surface area contributed by atoms with E-state index in [0.29, 0.717) is 11.8 Å². The topological polar surface area (TPSA) is 106 Å². The van der Waals surface area contributed by atoms with E-state index in [1.807, 2.05) is 42.5 Å². The Bertz CT molecular complexity index is 954. The van der Waals surface area contributed by atoms with Gasteiger partial charge in [-0.25, -0.2) is 0 Å².